The Bertz CT molecular complexity index is 792. The smallest absolute Gasteiger partial charge is 0.241 e. The Kier molecular flexibility index (Phi) is 5.67. The van der Waals surface area contributed by atoms with E-state index >= 15 is 0 Å². The molecule has 0 saturated heterocycles. The van der Waals surface area contributed by atoms with Crippen LogP contribution in [-0.2, 0) is 10.0 Å². The zero-order valence-corrected chi connectivity index (χ0v) is 15.4. The van der Waals surface area contributed by atoms with Crippen molar-refractivity contribution in [3.8, 4) is 11.5 Å². The van der Waals surface area contributed by atoms with Crippen molar-refractivity contribution in [3.63, 3.8) is 0 Å². The molecule has 124 valence electrons. The summed E-state index contributed by atoms with van der Waals surface area (Å²) in [5, 5.41) is 0. The van der Waals surface area contributed by atoms with Crippen molar-refractivity contribution < 1.29 is 17.9 Å². The molecule has 0 amide bonds. The first kappa shape index (κ1) is 17.8. The maximum Gasteiger partial charge on any atom is 0.241 e. The predicted molar refractivity (Wildman–Crippen MR) is 92.4 cm³/mol. The topological polar surface area (TPSA) is 64.6 Å². The van der Waals surface area contributed by atoms with Crippen LogP contribution in [0.3, 0.4) is 0 Å². The molecule has 0 aromatic heterocycles. The fraction of sp³-hybridized carbons (Fsp3) is 0.250. The molecule has 0 spiro atoms. The SMILES string of the molecule is COc1ccc(S(=O)(=O)NC(C)c2ccccc2Br)cc1OC. The monoisotopic (exact) mass is 399 g/mol. The standard InChI is InChI=1S/C16H18BrNO4S/c1-11(13-6-4-5-7-14(13)17)18-23(19,20)12-8-9-15(21-2)16(10-12)22-3/h4-11,18H,1-3H3. The van der Waals surface area contributed by atoms with Gasteiger partial charge in [0.05, 0.1) is 19.1 Å². The Labute approximate surface area is 144 Å². The number of halogens is 1. The summed E-state index contributed by atoms with van der Waals surface area (Å²) in [6.45, 7) is 1.79. The highest BCUT2D eigenvalue weighted by atomic mass is 79.9. The van der Waals surface area contributed by atoms with Crippen molar-refractivity contribution in [2.75, 3.05) is 14.2 Å². The fourth-order valence-electron chi connectivity index (χ4n) is 2.17. The van der Waals surface area contributed by atoms with E-state index in [1.165, 1.54) is 26.4 Å². The second-order valence-corrected chi connectivity index (χ2v) is 7.45. The number of nitrogens with one attached hydrogen (secondary N) is 1. The molecular formula is C16H18BrNO4S. The van der Waals surface area contributed by atoms with Gasteiger partial charge < -0.3 is 9.47 Å². The Hall–Kier alpha value is -1.57. The summed E-state index contributed by atoms with van der Waals surface area (Å²) in [6, 6.07) is 11.6. The van der Waals surface area contributed by atoms with Gasteiger partial charge in [0.1, 0.15) is 0 Å². The van der Waals surface area contributed by atoms with E-state index in [1.54, 1.807) is 13.0 Å². The van der Waals surface area contributed by atoms with Crippen LogP contribution in [0.5, 0.6) is 11.5 Å². The summed E-state index contributed by atoms with van der Waals surface area (Å²) in [7, 11) is -0.725. The van der Waals surface area contributed by atoms with Gasteiger partial charge in [-0.05, 0) is 30.7 Å². The highest BCUT2D eigenvalue weighted by Crippen LogP contribution is 2.30. The third-order valence-corrected chi connectivity index (χ3v) is 5.63. The van der Waals surface area contributed by atoms with Gasteiger partial charge in [0.15, 0.2) is 11.5 Å². The first-order valence-corrected chi connectivity index (χ1v) is 9.15. The third-order valence-electron chi connectivity index (χ3n) is 3.37. The minimum atomic E-state index is -3.69. The molecule has 1 atom stereocenters. The van der Waals surface area contributed by atoms with Gasteiger partial charge in [-0.2, -0.15) is 0 Å². The fourth-order valence-corrected chi connectivity index (χ4v) is 4.04. The van der Waals surface area contributed by atoms with Crippen molar-refractivity contribution in [2.24, 2.45) is 0 Å². The quantitative estimate of drug-likeness (QED) is 0.806. The molecule has 0 radical (unpaired) electrons. The molecule has 0 bridgehead atoms. The average molecular weight is 400 g/mol. The Morgan fingerprint density at radius 1 is 1.04 bits per heavy atom. The van der Waals surface area contributed by atoms with Gasteiger partial charge in [-0.1, -0.05) is 34.1 Å². The molecule has 2 aromatic rings. The lowest BCUT2D eigenvalue weighted by Gasteiger charge is -2.17. The van der Waals surface area contributed by atoms with Crippen molar-refractivity contribution in [3.05, 3.63) is 52.5 Å². The molecule has 0 heterocycles. The van der Waals surface area contributed by atoms with Gasteiger partial charge in [-0.25, -0.2) is 13.1 Å². The maximum absolute atomic E-state index is 12.6. The zero-order chi connectivity index (χ0) is 17.0. The Balaban J connectivity index is 2.30. The maximum atomic E-state index is 12.6. The minimum absolute atomic E-state index is 0.119. The summed E-state index contributed by atoms with van der Waals surface area (Å²) in [4.78, 5) is 0.119. The van der Waals surface area contributed by atoms with E-state index in [9.17, 15) is 8.42 Å². The normalized spacial score (nSPS) is 12.7. The first-order valence-electron chi connectivity index (χ1n) is 6.88. The van der Waals surface area contributed by atoms with E-state index in [1.807, 2.05) is 24.3 Å². The van der Waals surface area contributed by atoms with E-state index in [0.29, 0.717) is 11.5 Å². The highest BCUT2D eigenvalue weighted by molar-refractivity contribution is 9.10. The number of ether oxygens (including phenoxy) is 2. The van der Waals surface area contributed by atoms with E-state index in [0.717, 1.165) is 10.0 Å². The molecule has 1 unspecified atom stereocenters. The molecule has 2 rings (SSSR count). The van der Waals surface area contributed by atoms with Crippen LogP contribution in [0.1, 0.15) is 18.5 Å². The Morgan fingerprint density at radius 3 is 2.30 bits per heavy atom. The minimum Gasteiger partial charge on any atom is -0.493 e. The lowest BCUT2D eigenvalue weighted by Crippen LogP contribution is -2.27. The van der Waals surface area contributed by atoms with E-state index in [-0.39, 0.29) is 10.9 Å². The molecule has 2 aromatic carbocycles. The first-order chi connectivity index (χ1) is 10.9. The molecule has 0 aliphatic heterocycles. The van der Waals surface area contributed by atoms with Crippen molar-refractivity contribution in [1.29, 1.82) is 0 Å². The number of hydrogen-bond acceptors (Lipinski definition) is 4. The van der Waals surface area contributed by atoms with E-state index in [4.69, 9.17) is 9.47 Å². The molecule has 0 aliphatic carbocycles. The number of rotatable bonds is 6. The van der Waals surface area contributed by atoms with Crippen LogP contribution in [0.25, 0.3) is 0 Å². The average Bonchev–Trinajstić information content (AvgIpc) is 2.54. The van der Waals surface area contributed by atoms with Gasteiger partial charge in [0.25, 0.3) is 0 Å². The number of methoxy groups -OCH3 is 2. The predicted octanol–water partition coefficient (Wildman–Crippen LogP) is 3.51. The lowest BCUT2D eigenvalue weighted by molar-refractivity contribution is 0.354. The van der Waals surface area contributed by atoms with Gasteiger partial charge in [0, 0.05) is 16.6 Å². The summed E-state index contributed by atoms with van der Waals surface area (Å²) in [5.41, 5.74) is 0.858. The van der Waals surface area contributed by atoms with E-state index in [2.05, 4.69) is 20.7 Å². The zero-order valence-electron chi connectivity index (χ0n) is 13.0. The van der Waals surface area contributed by atoms with Crippen molar-refractivity contribution >= 4 is 26.0 Å². The number of sulfonamides is 1. The van der Waals surface area contributed by atoms with E-state index < -0.39 is 10.0 Å². The molecule has 7 heteroatoms. The molecule has 1 N–H and O–H groups in total. The molecular weight excluding hydrogens is 382 g/mol. The summed E-state index contributed by atoms with van der Waals surface area (Å²) in [5.74, 6) is 0.842. The van der Waals surface area contributed by atoms with Crippen LogP contribution in [0.4, 0.5) is 0 Å². The van der Waals surface area contributed by atoms with Crippen LogP contribution in [0.2, 0.25) is 0 Å². The second-order valence-electron chi connectivity index (χ2n) is 4.88. The molecule has 23 heavy (non-hydrogen) atoms. The Morgan fingerprint density at radius 2 is 1.70 bits per heavy atom. The van der Waals surface area contributed by atoms with Gasteiger partial charge >= 0.3 is 0 Å². The van der Waals surface area contributed by atoms with Gasteiger partial charge in [-0.3, -0.25) is 0 Å². The number of hydrogen-bond donors (Lipinski definition) is 1. The van der Waals surface area contributed by atoms with Crippen LogP contribution < -0.4 is 14.2 Å². The van der Waals surface area contributed by atoms with Gasteiger partial charge in [0.2, 0.25) is 10.0 Å². The highest BCUT2D eigenvalue weighted by Gasteiger charge is 2.21. The van der Waals surface area contributed by atoms with Crippen LogP contribution in [0, 0.1) is 0 Å². The number of benzene rings is 2. The molecule has 5 nitrogen and oxygen atoms in total. The molecule has 0 saturated carbocycles. The largest absolute Gasteiger partial charge is 0.493 e. The van der Waals surface area contributed by atoms with Crippen molar-refractivity contribution in [1.82, 2.24) is 4.72 Å². The van der Waals surface area contributed by atoms with Crippen LogP contribution >= 0.6 is 15.9 Å². The van der Waals surface area contributed by atoms with Crippen LogP contribution in [-0.4, -0.2) is 22.6 Å². The summed E-state index contributed by atoms with van der Waals surface area (Å²) < 4.78 is 38.9. The van der Waals surface area contributed by atoms with Gasteiger partial charge in [-0.15, -0.1) is 0 Å². The molecule has 0 fully saturated rings. The lowest BCUT2D eigenvalue weighted by atomic mass is 10.1. The van der Waals surface area contributed by atoms with Crippen molar-refractivity contribution in [2.45, 2.75) is 17.9 Å². The second kappa shape index (κ2) is 7.33. The summed E-state index contributed by atoms with van der Waals surface area (Å²) >= 11 is 3.43. The summed E-state index contributed by atoms with van der Waals surface area (Å²) in [6.07, 6.45) is 0. The van der Waals surface area contributed by atoms with Crippen LogP contribution in [0.15, 0.2) is 51.8 Å². The molecule has 0 aliphatic rings. The third kappa shape index (κ3) is 4.04.